The van der Waals surface area contributed by atoms with Gasteiger partial charge in [0.25, 0.3) is 11.8 Å². The number of carbonyl (C=O) groups excluding carboxylic acids is 2. The quantitative estimate of drug-likeness (QED) is 0.799. The van der Waals surface area contributed by atoms with Gasteiger partial charge in [-0.25, -0.2) is 8.78 Å². The minimum Gasteiger partial charge on any atom is -0.346 e. The van der Waals surface area contributed by atoms with Gasteiger partial charge in [0.05, 0.1) is 13.1 Å². The third-order valence-electron chi connectivity index (χ3n) is 3.31. The lowest BCUT2D eigenvalue weighted by Crippen LogP contribution is -2.41. The number of amides is 2. The van der Waals surface area contributed by atoms with E-state index in [1.165, 1.54) is 0 Å². The molecule has 5 nitrogen and oxygen atoms in total. The Kier molecular flexibility index (Phi) is 6.62. The van der Waals surface area contributed by atoms with E-state index in [9.17, 15) is 18.4 Å². The molecule has 0 unspecified atom stereocenters. The second-order valence-electron chi connectivity index (χ2n) is 5.79. The number of nitrogens with zero attached hydrogens (tertiary/aromatic N) is 1. The van der Waals surface area contributed by atoms with Crippen molar-refractivity contribution in [3.63, 3.8) is 0 Å². The van der Waals surface area contributed by atoms with Gasteiger partial charge in [-0.3, -0.25) is 9.59 Å². The van der Waals surface area contributed by atoms with Crippen LogP contribution in [-0.2, 0) is 11.3 Å². The van der Waals surface area contributed by atoms with Gasteiger partial charge in [-0.2, -0.15) is 0 Å². The smallest absolute Gasteiger partial charge is 0.277 e. The molecule has 0 bridgehead atoms. The van der Waals surface area contributed by atoms with Crippen molar-refractivity contribution >= 4 is 11.8 Å². The summed E-state index contributed by atoms with van der Waals surface area (Å²) >= 11 is 0. The molecule has 0 spiro atoms. The highest BCUT2D eigenvalue weighted by Crippen LogP contribution is 2.11. The molecule has 0 fully saturated rings. The molecule has 0 aliphatic carbocycles. The van der Waals surface area contributed by atoms with Gasteiger partial charge in [-0.05, 0) is 17.7 Å². The van der Waals surface area contributed by atoms with Crippen LogP contribution in [0.25, 0.3) is 0 Å². The number of alkyl halides is 2. The van der Waals surface area contributed by atoms with Crippen LogP contribution in [0.15, 0.2) is 24.3 Å². The van der Waals surface area contributed by atoms with E-state index in [2.05, 4.69) is 5.32 Å². The van der Waals surface area contributed by atoms with E-state index < -0.39 is 24.9 Å². The van der Waals surface area contributed by atoms with Crippen molar-refractivity contribution in [1.29, 1.82) is 0 Å². The largest absolute Gasteiger partial charge is 0.346 e. The van der Waals surface area contributed by atoms with Crippen LogP contribution in [0, 0.1) is 5.92 Å². The molecule has 1 aromatic rings. The molecule has 1 aromatic carbocycles. The molecule has 0 aliphatic rings. The number of nitrogens with two attached hydrogens (primary N) is 1. The van der Waals surface area contributed by atoms with Crippen LogP contribution in [0.3, 0.4) is 0 Å². The molecule has 0 radical (unpaired) electrons. The van der Waals surface area contributed by atoms with Gasteiger partial charge in [0.1, 0.15) is 0 Å². The Balaban J connectivity index is 2.62. The SMILES string of the molecule is CC(C)C(=O)N(C)Cc1ccc(C(=O)NCC(F)(F)CN)cc1. The number of benzene rings is 1. The Morgan fingerprint density at radius 1 is 1.26 bits per heavy atom. The number of carbonyl (C=O) groups is 2. The van der Waals surface area contributed by atoms with E-state index in [1.54, 1.807) is 36.2 Å². The number of rotatable bonds is 7. The first kappa shape index (κ1) is 19.0. The van der Waals surface area contributed by atoms with Gasteiger partial charge in [-0.1, -0.05) is 26.0 Å². The first-order valence-electron chi connectivity index (χ1n) is 7.36. The summed E-state index contributed by atoms with van der Waals surface area (Å²) < 4.78 is 26.0. The average Bonchev–Trinajstić information content (AvgIpc) is 2.52. The average molecular weight is 327 g/mol. The number of hydrogen-bond donors (Lipinski definition) is 2. The molecule has 1 rings (SSSR count). The van der Waals surface area contributed by atoms with Crippen molar-refractivity contribution in [2.24, 2.45) is 11.7 Å². The molecule has 0 saturated heterocycles. The number of halogens is 2. The summed E-state index contributed by atoms with van der Waals surface area (Å²) in [6, 6.07) is 6.47. The van der Waals surface area contributed by atoms with Crippen LogP contribution in [0.2, 0.25) is 0 Å². The minimum atomic E-state index is -3.12. The Morgan fingerprint density at radius 3 is 2.30 bits per heavy atom. The number of hydrogen-bond acceptors (Lipinski definition) is 3. The lowest BCUT2D eigenvalue weighted by Gasteiger charge is -2.19. The lowest BCUT2D eigenvalue weighted by molar-refractivity contribution is -0.133. The molecule has 0 saturated carbocycles. The second-order valence-corrected chi connectivity index (χ2v) is 5.79. The summed E-state index contributed by atoms with van der Waals surface area (Å²) in [6.45, 7) is 2.45. The normalized spacial score (nSPS) is 11.4. The fourth-order valence-electron chi connectivity index (χ4n) is 1.94. The van der Waals surface area contributed by atoms with E-state index in [4.69, 9.17) is 5.73 Å². The summed E-state index contributed by atoms with van der Waals surface area (Å²) in [6.07, 6.45) is 0. The first-order chi connectivity index (χ1) is 10.7. The summed E-state index contributed by atoms with van der Waals surface area (Å²) in [5.41, 5.74) is 6.04. The highest BCUT2D eigenvalue weighted by molar-refractivity contribution is 5.94. The molecular weight excluding hydrogens is 304 g/mol. The highest BCUT2D eigenvalue weighted by Gasteiger charge is 2.27. The molecule has 0 aromatic heterocycles. The predicted molar refractivity (Wildman–Crippen MR) is 84.1 cm³/mol. The van der Waals surface area contributed by atoms with Crippen molar-refractivity contribution in [1.82, 2.24) is 10.2 Å². The van der Waals surface area contributed by atoms with Crippen molar-refractivity contribution in [2.45, 2.75) is 26.3 Å². The van der Waals surface area contributed by atoms with Gasteiger partial charge in [0, 0.05) is 25.1 Å². The van der Waals surface area contributed by atoms with E-state index in [-0.39, 0.29) is 17.4 Å². The van der Waals surface area contributed by atoms with Gasteiger partial charge < -0.3 is 16.0 Å². The van der Waals surface area contributed by atoms with Gasteiger partial charge in [0.15, 0.2) is 0 Å². The second kappa shape index (κ2) is 8.01. The Bertz CT molecular complexity index is 545. The Labute approximate surface area is 134 Å². The Hall–Kier alpha value is -2.02. The first-order valence-corrected chi connectivity index (χ1v) is 7.36. The molecule has 7 heteroatoms. The van der Waals surface area contributed by atoms with Gasteiger partial charge in [-0.15, -0.1) is 0 Å². The molecule has 128 valence electrons. The van der Waals surface area contributed by atoms with Gasteiger partial charge in [0.2, 0.25) is 5.91 Å². The molecule has 23 heavy (non-hydrogen) atoms. The highest BCUT2D eigenvalue weighted by atomic mass is 19.3. The van der Waals surface area contributed by atoms with E-state index >= 15 is 0 Å². The molecule has 0 heterocycles. The predicted octanol–water partition coefficient (Wildman–Crippen LogP) is 1.62. The lowest BCUT2D eigenvalue weighted by atomic mass is 10.1. The zero-order chi connectivity index (χ0) is 17.6. The molecule has 2 amide bonds. The fourth-order valence-corrected chi connectivity index (χ4v) is 1.94. The van der Waals surface area contributed by atoms with Crippen LogP contribution < -0.4 is 11.1 Å². The third-order valence-corrected chi connectivity index (χ3v) is 3.31. The summed E-state index contributed by atoms with van der Waals surface area (Å²) in [5, 5.41) is 2.15. The van der Waals surface area contributed by atoms with Crippen LogP contribution >= 0.6 is 0 Å². The molecular formula is C16H23F2N3O2. The van der Waals surface area contributed by atoms with Crippen LogP contribution in [0.5, 0.6) is 0 Å². The number of nitrogens with one attached hydrogen (secondary N) is 1. The van der Waals surface area contributed by atoms with Crippen molar-refractivity contribution < 1.29 is 18.4 Å². The topological polar surface area (TPSA) is 75.4 Å². The maximum atomic E-state index is 13.0. The molecule has 3 N–H and O–H groups in total. The Morgan fingerprint density at radius 2 is 1.83 bits per heavy atom. The van der Waals surface area contributed by atoms with Crippen molar-refractivity contribution in [3.8, 4) is 0 Å². The maximum absolute atomic E-state index is 13.0. The van der Waals surface area contributed by atoms with E-state index in [0.717, 1.165) is 5.56 Å². The maximum Gasteiger partial charge on any atom is 0.277 e. The molecule has 0 aliphatic heterocycles. The summed E-state index contributed by atoms with van der Waals surface area (Å²) in [5.74, 6) is -3.77. The van der Waals surface area contributed by atoms with Crippen LogP contribution in [-0.4, -0.2) is 42.8 Å². The van der Waals surface area contributed by atoms with Crippen LogP contribution in [0.4, 0.5) is 8.78 Å². The zero-order valence-electron chi connectivity index (χ0n) is 13.6. The zero-order valence-corrected chi connectivity index (χ0v) is 13.6. The fraction of sp³-hybridized carbons (Fsp3) is 0.500. The van der Waals surface area contributed by atoms with Gasteiger partial charge >= 0.3 is 0 Å². The molecule has 0 atom stereocenters. The van der Waals surface area contributed by atoms with E-state index in [0.29, 0.717) is 6.54 Å². The van der Waals surface area contributed by atoms with Crippen molar-refractivity contribution in [3.05, 3.63) is 35.4 Å². The monoisotopic (exact) mass is 327 g/mol. The van der Waals surface area contributed by atoms with Crippen LogP contribution in [0.1, 0.15) is 29.8 Å². The summed E-state index contributed by atoms with van der Waals surface area (Å²) in [7, 11) is 1.71. The summed E-state index contributed by atoms with van der Waals surface area (Å²) in [4.78, 5) is 25.2. The third kappa shape index (κ3) is 5.94. The standard InChI is InChI=1S/C16H23F2N3O2/c1-11(2)15(23)21(3)8-12-4-6-13(7-5-12)14(22)20-10-16(17,18)9-19/h4-7,11H,8-10,19H2,1-3H3,(H,20,22). The minimum absolute atomic E-state index is 0.0239. The van der Waals surface area contributed by atoms with E-state index in [1.807, 2.05) is 13.8 Å². The van der Waals surface area contributed by atoms with Crippen molar-refractivity contribution in [2.75, 3.05) is 20.1 Å².